The van der Waals surface area contributed by atoms with Gasteiger partial charge in [0.1, 0.15) is 16.6 Å². The first-order valence-corrected chi connectivity index (χ1v) is 6.95. The minimum absolute atomic E-state index is 0.606. The van der Waals surface area contributed by atoms with Crippen molar-refractivity contribution in [2.24, 2.45) is 5.92 Å². The molecule has 1 aromatic rings. The fraction of sp³-hybridized carbons (Fsp3) is 0.600. The number of thioether (sulfide) groups is 1. The highest BCUT2D eigenvalue weighted by Gasteiger charge is 2.10. The van der Waals surface area contributed by atoms with Gasteiger partial charge in [0.05, 0.1) is 5.69 Å². The van der Waals surface area contributed by atoms with Crippen LogP contribution in [0.1, 0.15) is 18.2 Å². The van der Waals surface area contributed by atoms with Gasteiger partial charge in [-0.1, -0.05) is 6.92 Å². The first kappa shape index (κ1) is 12.3. The van der Waals surface area contributed by atoms with Crippen LogP contribution < -0.4 is 5.32 Å². The first-order valence-electron chi connectivity index (χ1n) is 4.78. The van der Waals surface area contributed by atoms with E-state index in [0.717, 1.165) is 23.0 Å². The van der Waals surface area contributed by atoms with Crippen molar-refractivity contribution in [2.45, 2.75) is 13.8 Å². The molecule has 82 valence electrons. The molecule has 0 aliphatic carbocycles. The van der Waals surface area contributed by atoms with Gasteiger partial charge in [0, 0.05) is 6.54 Å². The molecule has 1 atom stereocenters. The van der Waals surface area contributed by atoms with Crippen LogP contribution in [-0.4, -0.2) is 22.9 Å². The zero-order chi connectivity index (χ0) is 11.3. The molecule has 1 aromatic heterocycles. The number of nitrogens with one attached hydrogen (secondary N) is 1. The van der Waals surface area contributed by atoms with E-state index in [1.807, 2.05) is 18.7 Å². The summed E-state index contributed by atoms with van der Waals surface area (Å²) < 4.78 is 4.16. The van der Waals surface area contributed by atoms with Crippen molar-refractivity contribution in [3.8, 4) is 6.07 Å². The van der Waals surface area contributed by atoms with Crippen molar-refractivity contribution >= 4 is 28.3 Å². The highest BCUT2D eigenvalue weighted by atomic mass is 32.2. The van der Waals surface area contributed by atoms with E-state index in [4.69, 9.17) is 5.26 Å². The van der Waals surface area contributed by atoms with Crippen LogP contribution in [0.3, 0.4) is 0 Å². The third kappa shape index (κ3) is 3.40. The molecule has 1 unspecified atom stereocenters. The summed E-state index contributed by atoms with van der Waals surface area (Å²) in [4.78, 5) is 0. The lowest BCUT2D eigenvalue weighted by atomic mass is 10.2. The third-order valence-electron chi connectivity index (χ3n) is 2.04. The number of nitriles is 1. The lowest BCUT2D eigenvalue weighted by molar-refractivity contribution is 0.702. The van der Waals surface area contributed by atoms with Crippen LogP contribution >= 0.6 is 23.3 Å². The minimum Gasteiger partial charge on any atom is -0.374 e. The molecule has 1 rings (SSSR count). The van der Waals surface area contributed by atoms with Crippen molar-refractivity contribution in [1.82, 2.24) is 4.37 Å². The molecule has 0 amide bonds. The van der Waals surface area contributed by atoms with Crippen molar-refractivity contribution in [1.29, 1.82) is 5.26 Å². The quantitative estimate of drug-likeness (QED) is 0.861. The van der Waals surface area contributed by atoms with Crippen LogP contribution in [0, 0.1) is 24.2 Å². The maximum absolute atomic E-state index is 8.93. The summed E-state index contributed by atoms with van der Waals surface area (Å²) in [7, 11) is 0. The molecule has 0 bridgehead atoms. The average molecular weight is 241 g/mol. The van der Waals surface area contributed by atoms with E-state index in [-0.39, 0.29) is 0 Å². The maximum atomic E-state index is 8.93. The summed E-state index contributed by atoms with van der Waals surface area (Å²) in [5.74, 6) is 1.74. The largest absolute Gasteiger partial charge is 0.374 e. The Kier molecular flexibility index (Phi) is 4.92. The topological polar surface area (TPSA) is 48.7 Å². The molecular weight excluding hydrogens is 226 g/mol. The highest BCUT2D eigenvalue weighted by molar-refractivity contribution is 7.98. The van der Waals surface area contributed by atoms with Crippen LogP contribution in [0.25, 0.3) is 0 Å². The summed E-state index contributed by atoms with van der Waals surface area (Å²) >= 11 is 3.21. The van der Waals surface area contributed by atoms with Crippen LogP contribution in [0.5, 0.6) is 0 Å². The Balaban J connectivity index is 2.54. The van der Waals surface area contributed by atoms with Crippen LogP contribution in [-0.2, 0) is 0 Å². The molecule has 15 heavy (non-hydrogen) atoms. The lowest BCUT2D eigenvalue weighted by Crippen LogP contribution is -2.13. The SMILES string of the molecule is CSCC(C)CNc1snc(C)c1C#N. The number of hydrogen-bond donors (Lipinski definition) is 1. The zero-order valence-electron chi connectivity index (χ0n) is 9.20. The standard InChI is InChI=1S/C10H15N3S2/c1-7(6-14-3)5-12-10-9(4-11)8(2)13-15-10/h7,12H,5-6H2,1-3H3. The van der Waals surface area contributed by atoms with Gasteiger partial charge >= 0.3 is 0 Å². The van der Waals surface area contributed by atoms with Gasteiger partial charge in [0.15, 0.2) is 0 Å². The number of nitrogens with zero attached hydrogens (tertiary/aromatic N) is 2. The van der Waals surface area contributed by atoms with Gasteiger partial charge in [-0.05, 0) is 36.4 Å². The van der Waals surface area contributed by atoms with Gasteiger partial charge in [0.25, 0.3) is 0 Å². The number of rotatable bonds is 5. The summed E-state index contributed by atoms with van der Waals surface area (Å²) in [6.07, 6.45) is 2.11. The predicted octanol–water partition coefficient (Wildman–Crippen LogP) is 2.73. The molecule has 0 aromatic carbocycles. The Hall–Kier alpha value is -0.730. The maximum Gasteiger partial charge on any atom is 0.127 e. The van der Waals surface area contributed by atoms with E-state index in [1.165, 1.54) is 11.5 Å². The van der Waals surface area contributed by atoms with Gasteiger partial charge in [-0.25, -0.2) is 0 Å². The van der Waals surface area contributed by atoms with Gasteiger partial charge in [-0.2, -0.15) is 21.4 Å². The molecule has 3 nitrogen and oxygen atoms in total. The minimum atomic E-state index is 0.606. The molecule has 1 heterocycles. The number of aromatic nitrogens is 1. The highest BCUT2D eigenvalue weighted by Crippen LogP contribution is 2.23. The van der Waals surface area contributed by atoms with E-state index in [0.29, 0.717) is 11.5 Å². The summed E-state index contributed by atoms with van der Waals surface area (Å²) in [6.45, 7) is 4.96. The van der Waals surface area contributed by atoms with Gasteiger partial charge in [-0.15, -0.1) is 0 Å². The average Bonchev–Trinajstić information content (AvgIpc) is 2.56. The molecule has 0 aliphatic heterocycles. The van der Waals surface area contributed by atoms with Crippen molar-refractivity contribution in [3.63, 3.8) is 0 Å². The Morgan fingerprint density at radius 1 is 1.67 bits per heavy atom. The molecule has 0 radical (unpaired) electrons. The molecule has 0 saturated heterocycles. The second-order valence-electron chi connectivity index (χ2n) is 3.53. The van der Waals surface area contributed by atoms with E-state index in [9.17, 15) is 0 Å². The van der Waals surface area contributed by atoms with Crippen molar-refractivity contribution < 1.29 is 0 Å². The molecule has 0 fully saturated rings. The molecular formula is C10H15N3S2. The summed E-state index contributed by atoms with van der Waals surface area (Å²) in [5, 5.41) is 13.1. The monoisotopic (exact) mass is 241 g/mol. The Bertz CT molecular complexity index is 354. The van der Waals surface area contributed by atoms with Crippen molar-refractivity contribution in [2.75, 3.05) is 23.9 Å². The Morgan fingerprint density at radius 3 is 3.00 bits per heavy atom. The molecule has 0 saturated carbocycles. The van der Waals surface area contributed by atoms with Gasteiger partial charge in [0.2, 0.25) is 0 Å². The Morgan fingerprint density at radius 2 is 2.40 bits per heavy atom. The van der Waals surface area contributed by atoms with Crippen LogP contribution in [0.2, 0.25) is 0 Å². The molecule has 5 heteroatoms. The fourth-order valence-corrected chi connectivity index (χ4v) is 2.67. The normalized spacial score (nSPS) is 12.1. The van der Waals surface area contributed by atoms with E-state index in [1.54, 1.807) is 0 Å². The second-order valence-corrected chi connectivity index (χ2v) is 5.21. The van der Waals surface area contributed by atoms with Gasteiger partial charge < -0.3 is 5.32 Å². The van der Waals surface area contributed by atoms with Crippen LogP contribution in [0.4, 0.5) is 5.00 Å². The fourth-order valence-electron chi connectivity index (χ4n) is 1.23. The van der Waals surface area contributed by atoms with Gasteiger partial charge in [-0.3, -0.25) is 0 Å². The number of aryl methyl sites for hydroxylation is 1. The Labute approximate surface area is 99.1 Å². The summed E-state index contributed by atoms with van der Waals surface area (Å²) in [5.41, 5.74) is 1.51. The summed E-state index contributed by atoms with van der Waals surface area (Å²) in [6, 6.07) is 2.18. The number of anilines is 1. The molecule has 0 spiro atoms. The third-order valence-corrected chi connectivity index (χ3v) is 3.84. The lowest BCUT2D eigenvalue weighted by Gasteiger charge is -2.10. The predicted molar refractivity (Wildman–Crippen MR) is 67.6 cm³/mol. The second kappa shape index (κ2) is 5.99. The molecule has 1 N–H and O–H groups in total. The van der Waals surface area contributed by atoms with E-state index < -0.39 is 0 Å². The van der Waals surface area contributed by atoms with Crippen molar-refractivity contribution in [3.05, 3.63) is 11.3 Å². The van der Waals surface area contributed by atoms with Crippen LogP contribution in [0.15, 0.2) is 0 Å². The van der Waals surface area contributed by atoms with E-state index >= 15 is 0 Å². The molecule has 0 aliphatic rings. The van der Waals surface area contributed by atoms with E-state index in [2.05, 4.69) is 28.9 Å². The smallest absolute Gasteiger partial charge is 0.127 e. The first-order chi connectivity index (χ1) is 7.19. The zero-order valence-corrected chi connectivity index (χ0v) is 10.8. The number of hydrogen-bond acceptors (Lipinski definition) is 5.